The molecule has 32 heavy (non-hydrogen) atoms. The maximum atomic E-state index is 13.2. The molecule has 0 spiro atoms. The van der Waals surface area contributed by atoms with Gasteiger partial charge in [-0.05, 0) is 61.7 Å². The molecular formula is C24H23ClN2O5. The van der Waals surface area contributed by atoms with E-state index >= 15 is 0 Å². The number of carbonyl (C=O) groups excluding carboxylic acids is 3. The summed E-state index contributed by atoms with van der Waals surface area (Å²) in [4.78, 5) is 39.2. The number of carbonyl (C=O) groups is 3. The van der Waals surface area contributed by atoms with Crippen LogP contribution in [0.25, 0.3) is 6.08 Å². The molecule has 1 N–H and O–H groups in total. The summed E-state index contributed by atoms with van der Waals surface area (Å²) in [6.45, 7) is 9.64. The quantitative estimate of drug-likeness (QED) is 0.376. The molecule has 2 aromatic rings. The Hall–Kier alpha value is -3.58. The molecule has 1 saturated heterocycles. The zero-order chi connectivity index (χ0) is 23.4. The van der Waals surface area contributed by atoms with Crippen molar-refractivity contribution in [3.63, 3.8) is 0 Å². The number of nitrogens with zero attached hydrogens (tertiary/aromatic N) is 1. The fourth-order valence-corrected chi connectivity index (χ4v) is 3.49. The number of anilines is 1. The van der Waals surface area contributed by atoms with Crippen molar-refractivity contribution in [1.82, 2.24) is 5.32 Å². The molecule has 3 rings (SSSR count). The van der Waals surface area contributed by atoms with Crippen LogP contribution in [0, 0.1) is 13.8 Å². The number of urea groups is 1. The number of barbiturate groups is 1. The van der Waals surface area contributed by atoms with Crippen molar-refractivity contribution in [1.29, 1.82) is 0 Å². The number of amides is 4. The number of hydrogen-bond donors (Lipinski definition) is 1. The average Bonchev–Trinajstić information content (AvgIpc) is 2.73. The molecule has 0 saturated carbocycles. The van der Waals surface area contributed by atoms with Crippen molar-refractivity contribution >= 4 is 41.2 Å². The van der Waals surface area contributed by atoms with Crippen LogP contribution >= 0.6 is 11.6 Å². The molecule has 166 valence electrons. The van der Waals surface area contributed by atoms with Crippen molar-refractivity contribution in [3.8, 4) is 11.5 Å². The fraction of sp³-hybridized carbons (Fsp3) is 0.208. The minimum Gasteiger partial charge on any atom is -0.490 e. The van der Waals surface area contributed by atoms with Crippen LogP contribution in [0.1, 0.15) is 23.6 Å². The number of hydrogen-bond acceptors (Lipinski definition) is 5. The van der Waals surface area contributed by atoms with E-state index in [1.807, 2.05) is 19.9 Å². The van der Waals surface area contributed by atoms with Gasteiger partial charge in [0.1, 0.15) is 12.2 Å². The summed E-state index contributed by atoms with van der Waals surface area (Å²) in [5.74, 6) is -0.821. The van der Waals surface area contributed by atoms with Crippen molar-refractivity contribution in [2.24, 2.45) is 0 Å². The highest BCUT2D eigenvalue weighted by atomic mass is 35.5. The zero-order valence-corrected chi connectivity index (χ0v) is 18.8. The molecule has 0 aliphatic carbocycles. The number of ether oxygens (including phenoxy) is 2. The number of halogens is 1. The second kappa shape index (κ2) is 9.70. The lowest BCUT2D eigenvalue weighted by Gasteiger charge is -2.28. The van der Waals surface area contributed by atoms with Crippen LogP contribution in [-0.2, 0) is 9.59 Å². The van der Waals surface area contributed by atoms with E-state index in [0.29, 0.717) is 29.4 Å². The Morgan fingerprint density at radius 1 is 1.12 bits per heavy atom. The summed E-state index contributed by atoms with van der Waals surface area (Å²) in [5, 5.41) is 2.47. The Morgan fingerprint density at radius 2 is 1.88 bits per heavy atom. The first kappa shape index (κ1) is 23.1. The Kier molecular flexibility index (Phi) is 7.00. The first-order valence-corrected chi connectivity index (χ1v) is 10.3. The van der Waals surface area contributed by atoms with E-state index in [0.717, 1.165) is 16.0 Å². The molecule has 1 heterocycles. The van der Waals surface area contributed by atoms with E-state index in [-0.39, 0.29) is 17.2 Å². The number of benzene rings is 2. The molecule has 0 aromatic heterocycles. The minimum atomic E-state index is -0.799. The van der Waals surface area contributed by atoms with Crippen molar-refractivity contribution in [3.05, 3.63) is 70.3 Å². The number of nitrogens with one attached hydrogen (secondary N) is 1. The monoisotopic (exact) mass is 454 g/mol. The van der Waals surface area contributed by atoms with Gasteiger partial charge in [0, 0.05) is 0 Å². The summed E-state index contributed by atoms with van der Waals surface area (Å²) in [7, 11) is 0. The summed E-state index contributed by atoms with van der Waals surface area (Å²) >= 11 is 6.36. The van der Waals surface area contributed by atoms with Gasteiger partial charge in [0.15, 0.2) is 11.5 Å². The maximum Gasteiger partial charge on any atom is 0.335 e. The van der Waals surface area contributed by atoms with Crippen LogP contribution in [-0.4, -0.2) is 31.1 Å². The molecule has 7 nitrogen and oxygen atoms in total. The fourth-order valence-electron chi connectivity index (χ4n) is 3.22. The van der Waals surface area contributed by atoms with E-state index in [1.165, 1.54) is 6.08 Å². The largest absolute Gasteiger partial charge is 0.490 e. The first-order valence-electron chi connectivity index (χ1n) is 9.95. The van der Waals surface area contributed by atoms with Gasteiger partial charge in [-0.3, -0.25) is 14.9 Å². The molecular weight excluding hydrogens is 432 g/mol. The molecule has 0 radical (unpaired) electrons. The molecule has 1 aliphatic rings. The smallest absolute Gasteiger partial charge is 0.335 e. The van der Waals surface area contributed by atoms with Crippen molar-refractivity contribution < 1.29 is 23.9 Å². The Bertz CT molecular complexity index is 1140. The van der Waals surface area contributed by atoms with Gasteiger partial charge in [0.25, 0.3) is 11.8 Å². The lowest BCUT2D eigenvalue weighted by atomic mass is 10.0. The third-order valence-electron chi connectivity index (χ3n) is 4.70. The average molecular weight is 455 g/mol. The zero-order valence-electron chi connectivity index (χ0n) is 18.0. The van der Waals surface area contributed by atoms with Gasteiger partial charge in [0.05, 0.1) is 17.3 Å². The standard InChI is InChI=1S/C24H23ClN2O5/c1-5-9-32-21-18(25)12-16(13-20(21)31-6-2)11-17-22(28)26-24(30)27(23(17)29)19-10-14(3)7-8-15(19)4/h5,7-8,10-13H,1,6,9H2,2-4H3,(H,26,28,30)/b17-11+. The first-order chi connectivity index (χ1) is 15.3. The van der Waals surface area contributed by atoms with Crippen molar-refractivity contribution in [2.75, 3.05) is 18.1 Å². The highest BCUT2D eigenvalue weighted by Gasteiger charge is 2.37. The van der Waals surface area contributed by atoms with Crippen LogP contribution in [0.15, 0.2) is 48.6 Å². The van der Waals surface area contributed by atoms with Crippen molar-refractivity contribution in [2.45, 2.75) is 20.8 Å². The van der Waals surface area contributed by atoms with Crippen LogP contribution < -0.4 is 19.7 Å². The van der Waals surface area contributed by atoms with Gasteiger partial charge in [-0.15, -0.1) is 0 Å². The molecule has 8 heteroatoms. The second-order valence-corrected chi connectivity index (χ2v) is 7.52. The predicted molar refractivity (Wildman–Crippen MR) is 123 cm³/mol. The molecule has 0 unspecified atom stereocenters. The molecule has 4 amide bonds. The SMILES string of the molecule is C=CCOc1c(Cl)cc(/C=C2\C(=O)NC(=O)N(c3cc(C)ccc3C)C2=O)cc1OCC. The van der Waals surface area contributed by atoms with Gasteiger partial charge in [-0.2, -0.15) is 0 Å². The van der Waals surface area contributed by atoms with Gasteiger partial charge in [-0.25, -0.2) is 9.69 Å². The normalized spacial score (nSPS) is 15.1. The van der Waals surface area contributed by atoms with Gasteiger partial charge < -0.3 is 9.47 Å². The van der Waals surface area contributed by atoms with E-state index in [1.54, 1.807) is 37.3 Å². The molecule has 0 bridgehead atoms. The number of aryl methyl sites for hydroxylation is 2. The highest BCUT2D eigenvalue weighted by Crippen LogP contribution is 2.37. The van der Waals surface area contributed by atoms with Gasteiger partial charge >= 0.3 is 6.03 Å². The lowest BCUT2D eigenvalue weighted by molar-refractivity contribution is -0.122. The van der Waals surface area contributed by atoms with Crippen LogP contribution in [0.4, 0.5) is 10.5 Å². The van der Waals surface area contributed by atoms with E-state index in [9.17, 15) is 14.4 Å². The topological polar surface area (TPSA) is 84.9 Å². The molecule has 1 aliphatic heterocycles. The van der Waals surface area contributed by atoms with E-state index in [2.05, 4.69) is 11.9 Å². The van der Waals surface area contributed by atoms with Crippen LogP contribution in [0.5, 0.6) is 11.5 Å². The summed E-state index contributed by atoms with van der Waals surface area (Å²) in [5.41, 5.74) is 2.24. The van der Waals surface area contributed by atoms with Gasteiger partial charge in [-0.1, -0.05) is 36.4 Å². The summed E-state index contributed by atoms with van der Waals surface area (Å²) < 4.78 is 11.2. The number of imide groups is 2. The highest BCUT2D eigenvalue weighted by molar-refractivity contribution is 6.39. The third kappa shape index (κ3) is 4.68. The summed E-state index contributed by atoms with van der Waals surface area (Å²) in [6.07, 6.45) is 2.94. The molecule has 1 fully saturated rings. The van der Waals surface area contributed by atoms with Crippen LogP contribution in [0.3, 0.4) is 0 Å². The van der Waals surface area contributed by atoms with E-state index < -0.39 is 17.8 Å². The molecule has 2 aromatic carbocycles. The minimum absolute atomic E-state index is 0.205. The predicted octanol–water partition coefficient (Wildman–Crippen LogP) is 4.59. The summed E-state index contributed by atoms with van der Waals surface area (Å²) in [6, 6.07) is 7.76. The maximum absolute atomic E-state index is 13.2. The second-order valence-electron chi connectivity index (χ2n) is 7.11. The molecule has 0 atom stereocenters. The van der Waals surface area contributed by atoms with E-state index in [4.69, 9.17) is 21.1 Å². The Balaban J connectivity index is 2.05. The van der Waals surface area contributed by atoms with Gasteiger partial charge in [0.2, 0.25) is 0 Å². The van der Waals surface area contributed by atoms with Crippen LogP contribution in [0.2, 0.25) is 5.02 Å². The third-order valence-corrected chi connectivity index (χ3v) is 4.98. The number of rotatable bonds is 7. The lowest BCUT2D eigenvalue weighted by Crippen LogP contribution is -2.54. The Labute approximate surface area is 191 Å². The Morgan fingerprint density at radius 3 is 2.56 bits per heavy atom.